The van der Waals surface area contributed by atoms with Crippen LogP contribution in [0.5, 0.6) is 0 Å². The van der Waals surface area contributed by atoms with E-state index in [0.717, 1.165) is 0 Å². The van der Waals surface area contributed by atoms with Crippen molar-refractivity contribution in [3.63, 3.8) is 0 Å². The molecule has 0 fully saturated rings. The van der Waals surface area contributed by atoms with Crippen molar-refractivity contribution < 1.29 is 51.0 Å². The Balaban J connectivity index is 0.000000274. The molecule has 0 unspecified atom stereocenters. The van der Waals surface area contributed by atoms with E-state index in [-0.39, 0.29) is 56.4 Å². The van der Waals surface area contributed by atoms with Gasteiger partial charge in [0.1, 0.15) is 0 Å². The average Bonchev–Trinajstić information content (AvgIpc) is 3.47. The Morgan fingerprint density at radius 1 is 0.641 bits per heavy atom. The van der Waals surface area contributed by atoms with Crippen LogP contribution in [0.4, 0.5) is 0 Å². The quantitative estimate of drug-likeness (QED) is 0.244. The van der Waals surface area contributed by atoms with Gasteiger partial charge in [0.25, 0.3) is 0 Å². The maximum absolute atomic E-state index is 2.35. The smallest absolute Gasteiger partial charge is 1.00 e. The van der Waals surface area contributed by atoms with Crippen LogP contribution < -0.4 is 24.8 Å². The van der Waals surface area contributed by atoms with Gasteiger partial charge in [0.15, 0.2) is 0 Å². The molecule has 0 aliphatic carbocycles. The van der Waals surface area contributed by atoms with Gasteiger partial charge in [0, 0.05) is 0 Å². The molecule has 39 heavy (non-hydrogen) atoms. The van der Waals surface area contributed by atoms with E-state index in [1.165, 1.54) is 60.1 Å². The van der Waals surface area contributed by atoms with Gasteiger partial charge in [-0.25, -0.2) is 0 Å². The molecule has 0 nitrogen and oxygen atoms in total. The van der Waals surface area contributed by atoms with E-state index in [4.69, 9.17) is 0 Å². The number of hydrogen-bond donors (Lipinski definition) is 0. The Kier molecular flexibility index (Phi) is 11.4. The summed E-state index contributed by atoms with van der Waals surface area (Å²) < 4.78 is 0. The Labute approximate surface area is 265 Å². The van der Waals surface area contributed by atoms with E-state index in [9.17, 15) is 0 Å². The minimum atomic E-state index is 0. The number of hydrogen-bond acceptors (Lipinski definition) is 0. The molecule has 6 aromatic rings. The Morgan fingerprint density at radius 3 is 1.97 bits per heavy atom. The molecule has 6 aromatic carbocycles. The molecule has 0 N–H and O–H groups in total. The number of aryl methyl sites for hydroxylation is 1. The maximum Gasteiger partial charge on any atom is 4.00 e. The molecule has 198 valence electrons. The van der Waals surface area contributed by atoms with Crippen molar-refractivity contribution in [1.82, 2.24) is 0 Å². The standard InChI is InChI=1S/C22H25.C14H11.2ClH.Zr/c1-15(2)18-13-17-7-6-8-20(21(17)14-18)16-9-11-19(12-10-16)22(3,4)5;1-10-8-12-7-6-11-4-2-3-5-13(11)14(12)9-10;;;/h6-15H,1-5H3;2-9H,1H3;2*1H;/q2*-1;;;+4/p-2. The fourth-order valence-corrected chi connectivity index (χ4v) is 5.11. The zero-order valence-corrected chi connectivity index (χ0v) is 27.6. The van der Waals surface area contributed by atoms with E-state index in [1.807, 2.05) is 0 Å². The first-order chi connectivity index (χ1) is 17.2. The second-order valence-electron chi connectivity index (χ2n) is 11.4. The summed E-state index contributed by atoms with van der Waals surface area (Å²) in [5, 5.41) is 8.13. The van der Waals surface area contributed by atoms with Crippen LogP contribution in [0.3, 0.4) is 0 Å². The SMILES string of the molecule is CC(C)c1cc2c(-c3ccc(C(C)(C)C)cc3)cccc2[cH-]1.Cc1cc2c(ccc3ccccc32)[cH-]1.[Cl-].[Cl-].[Zr+4]. The van der Waals surface area contributed by atoms with Gasteiger partial charge in [-0.3, -0.25) is 0 Å². The fourth-order valence-electron chi connectivity index (χ4n) is 5.11. The molecular weight excluding hydrogens is 595 g/mol. The molecular formula is C36H36Cl2Zr. The minimum absolute atomic E-state index is 0. The average molecular weight is 631 g/mol. The summed E-state index contributed by atoms with van der Waals surface area (Å²) in [6, 6.07) is 37.8. The second kappa shape index (κ2) is 13.5. The number of benzene rings is 4. The first kappa shape index (κ1) is 33.0. The van der Waals surface area contributed by atoms with Gasteiger partial charge in [-0.05, 0) is 27.8 Å². The van der Waals surface area contributed by atoms with Gasteiger partial charge in [-0.1, -0.05) is 113 Å². The molecule has 0 saturated heterocycles. The second-order valence-corrected chi connectivity index (χ2v) is 11.4. The van der Waals surface area contributed by atoms with Gasteiger partial charge < -0.3 is 24.8 Å². The number of halogens is 2. The summed E-state index contributed by atoms with van der Waals surface area (Å²) in [5.41, 5.74) is 7.00. The summed E-state index contributed by atoms with van der Waals surface area (Å²) in [5.74, 6) is 0.573. The Hall–Kier alpha value is -2.18. The van der Waals surface area contributed by atoms with Crippen molar-refractivity contribution in [2.45, 2.75) is 52.9 Å². The van der Waals surface area contributed by atoms with Crippen LogP contribution in [0.25, 0.3) is 43.4 Å². The zero-order chi connectivity index (χ0) is 25.4. The largest absolute Gasteiger partial charge is 4.00 e. The molecule has 0 atom stereocenters. The van der Waals surface area contributed by atoms with Gasteiger partial charge in [0.2, 0.25) is 0 Å². The molecule has 0 bridgehead atoms. The van der Waals surface area contributed by atoms with Crippen molar-refractivity contribution in [1.29, 1.82) is 0 Å². The molecule has 0 aromatic heterocycles. The van der Waals surface area contributed by atoms with Crippen LogP contribution in [0, 0.1) is 6.92 Å². The van der Waals surface area contributed by atoms with Crippen LogP contribution in [0.2, 0.25) is 0 Å². The number of rotatable bonds is 2. The monoisotopic (exact) mass is 628 g/mol. The van der Waals surface area contributed by atoms with Gasteiger partial charge in [-0.15, -0.1) is 63.0 Å². The van der Waals surface area contributed by atoms with Crippen LogP contribution in [0.1, 0.15) is 57.2 Å². The van der Waals surface area contributed by atoms with Crippen molar-refractivity contribution in [3.05, 3.63) is 120 Å². The minimum Gasteiger partial charge on any atom is -1.00 e. The Bertz CT molecular complexity index is 1640. The predicted octanol–water partition coefficient (Wildman–Crippen LogP) is 4.67. The third kappa shape index (κ3) is 7.13. The van der Waals surface area contributed by atoms with Crippen LogP contribution in [-0.2, 0) is 31.6 Å². The Morgan fingerprint density at radius 2 is 1.31 bits per heavy atom. The molecule has 0 radical (unpaired) electrons. The topological polar surface area (TPSA) is 0 Å². The van der Waals surface area contributed by atoms with E-state index in [0.29, 0.717) is 5.92 Å². The van der Waals surface area contributed by atoms with Crippen LogP contribution in [0.15, 0.2) is 103 Å². The van der Waals surface area contributed by atoms with Crippen LogP contribution in [-0.4, -0.2) is 0 Å². The molecule has 0 saturated carbocycles. The van der Waals surface area contributed by atoms with Crippen molar-refractivity contribution in [3.8, 4) is 11.1 Å². The number of fused-ring (bicyclic) bond motifs is 4. The third-order valence-electron chi connectivity index (χ3n) is 7.26. The summed E-state index contributed by atoms with van der Waals surface area (Å²) >= 11 is 0. The summed E-state index contributed by atoms with van der Waals surface area (Å²) in [4.78, 5) is 0. The first-order valence-corrected chi connectivity index (χ1v) is 13.1. The fraction of sp³-hybridized carbons (Fsp3) is 0.222. The summed E-state index contributed by atoms with van der Waals surface area (Å²) in [7, 11) is 0. The predicted molar refractivity (Wildman–Crippen MR) is 160 cm³/mol. The maximum atomic E-state index is 2.35. The summed E-state index contributed by atoms with van der Waals surface area (Å²) in [6.07, 6.45) is 0. The molecule has 0 aliphatic rings. The van der Waals surface area contributed by atoms with Crippen LogP contribution >= 0.6 is 0 Å². The van der Waals surface area contributed by atoms with E-state index < -0.39 is 0 Å². The molecule has 0 aliphatic heterocycles. The molecule has 6 rings (SSSR count). The van der Waals surface area contributed by atoms with Gasteiger partial charge in [0.05, 0.1) is 0 Å². The zero-order valence-electron chi connectivity index (χ0n) is 23.6. The van der Waals surface area contributed by atoms with Gasteiger partial charge in [-0.2, -0.15) is 12.1 Å². The van der Waals surface area contributed by atoms with Gasteiger partial charge >= 0.3 is 26.2 Å². The van der Waals surface area contributed by atoms with Crippen molar-refractivity contribution in [2.75, 3.05) is 0 Å². The van der Waals surface area contributed by atoms with E-state index in [2.05, 4.69) is 145 Å². The van der Waals surface area contributed by atoms with E-state index >= 15 is 0 Å². The van der Waals surface area contributed by atoms with Crippen molar-refractivity contribution in [2.24, 2.45) is 0 Å². The summed E-state index contributed by atoms with van der Waals surface area (Å²) in [6.45, 7) is 13.4. The third-order valence-corrected chi connectivity index (χ3v) is 7.26. The normalized spacial score (nSPS) is 10.9. The first-order valence-electron chi connectivity index (χ1n) is 13.1. The molecule has 3 heteroatoms. The molecule has 0 amide bonds. The molecule has 0 heterocycles. The molecule has 0 spiro atoms. The van der Waals surface area contributed by atoms with E-state index in [1.54, 1.807) is 0 Å². The van der Waals surface area contributed by atoms with Crippen molar-refractivity contribution >= 4 is 32.3 Å².